The first-order chi connectivity index (χ1) is 20.6. The Morgan fingerprint density at radius 2 is 1.14 bits per heavy atom. The Labute approximate surface area is 265 Å². The second-order valence-electron chi connectivity index (χ2n) is 16.2. The molecule has 252 valence electrons. The molecule has 2 unspecified atom stereocenters. The van der Waals surface area contributed by atoms with Gasteiger partial charge in [-0.1, -0.05) is 13.8 Å². The van der Waals surface area contributed by atoms with Crippen LogP contribution in [0.15, 0.2) is 0 Å². The predicted molar refractivity (Wildman–Crippen MR) is 170 cm³/mol. The fourth-order valence-corrected chi connectivity index (χ4v) is 7.66. The van der Waals surface area contributed by atoms with Crippen molar-refractivity contribution in [2.24, 2.45) is 35.5 Å². The number of amides is 2. The molecule has 2 bridgehead atoms. The molecule has 2 saturated carbocycles. The normalized spacial score (nSPS) is 32.3. The van der Waals surface area contributed by atoms with E-state index in [4.69, 9.17) is 14.6 Å². The standard InChI is InChI=1S/C13H26N2.C11H17NO4.C10H17NO2/c1-3-5-14-8-12-7-13(9-14)11-15(10-12)6-4-2;1-11(2,3)16-10(15)12-5-6-4-7(6)8(12)9(13)14;1-10(2,3)13-9(12)11-5-7-4-8(7)6-11/h12-13H,3-11H2,1-2H3;6-8H,4-5H2,1-3H3,(H,13,14);7-8H,4-6H2,1-3H3/t;6-,7-,8+;/m.0./s1. The maximum atomic E-state index is 11.8. The van der Waals surface area contributed by atoms with Crippen LogP contribution in [0, 0.1) is 35.5 Å². The van der Waals surface area contributed by atoms with Crippen LogP contribution < -0.4 is 0 Å². The van der Waals surface area contributed by atoms with Crippen LogP contribution in [0.4, 0.5) is 9.59 Å². The minimum absolute atomic E-state index is 0.139. The molecule has 4 heterocycles. The van der Waals surface area contributed by atoms with Gasteiger partial charge in [-0.25, -0.2) is 14.4 Å². The van der Waals surface area contributed by atoms with Crippen LogP contribution in [0.2, 0.25) is 0 Å². The smallest absolute Gasteiger partial charge is 0.411 e. The SMILES string of the molecule is CC(C)(C)OC(=O)N1CC2CC2C1.CC(C)(C)OC(=O)N1C[C@@H]2C[C@@H]2[C@@H]1C(=O)O.CCCN1CC2CC(C1)CN(CCC)C2. The molecule has 10 nitrogen and oxygen atoms in total. The molecule has 5 atom stereocenters. The van der Waals surface area contributed by atoms with Crippen LogP contribution in [0.3, 0.4) is 0 Å². The zero-order chi connectivity index (χ0) is 32.4. The number of carboxylic acid groups (broad SMARTS) is 1. The minimum atomic E-state index is -0.921. The zero-order valence-corrected chi connectivity index (χ0v) is 28.7. The van der Waals surface area contributed by atoms with Gasteiger partial charge in [0.2, 0.25) is 0 Å². The van der Waals surface area contributed by atoms with Gasteiger partial charge >= 0.3 is 18.2 Å². The summed E-state index contributed by atoms with van der Waals surface area (Å²) in [4.78, 5) is 43.0. The Balaban J connectivity index is 0.000000151. The van der Waals surface area contributed by atoms with Gasteiger partial charge in [-0.3, -0.25) is 4.90 Å². The lowest BCUT2D eigenvalue weighted by Crippen LogP contribution is -2.52. The maximum Gasteiger partial charge on any atom is 0.411 e. The Bertz CT molecular complexity index is 967. The lowest BCUT2D eigenvalue weighted by Gasteiger charge is -2.45. The summed E-state index contributed by atoms with van der Waals surface area (Å²) < 4.78 is 10.5. The fourth-order valence-electron chi connectivity index (χ4n) is 7.66. The molecule has 4 saturated heterocycles. The van der Waals surface area contributed by atoms with Crippen molar-refractivity contribution >= 4 is 18.2 Å². The molecule has 1 N–H and O–H groups in total. The number of aliphatic carboxylic acids is 1. The van der Waals surface area contributed by atoms with E-state index in [0.717, 1.165) is 43.2 Å². The molecule has 2 aliphatic carbocycles. The summed E-state index contributed by atoms with van der Waals surface area (Å²) in [5.41, 5.74) is -0.934. The van der Waals surface area contributed by atoms with Gasteiger partial charge in [0.15, 0.2) is 0 Å². The summed E-state index contributed by atoms with van der Waals surface area (Å²) in [6.45, 7) is 26.1. The highest BCUT2D eigenvalue weighted by atomic mass is 16.6. The fraction of sp³-hybridized carbons (Fsp3) is 0.912. The maximum absolute atomic E-state index is 11.8. The summed E-state index contributed by atoms with van der Waals surface area (Å²) in [7, 11) is 0. The van der Waals surface area contributed by atoms with E-state index in [2.05, 4.69) is 23.6 Å². The number of nitrogens with zero attached hydrogens (tertiary/aromatic N) is 4. The molecule has 2 amide bonds. The van der Waals surface area contributed by atoms with Gasteiger partial charge in [-0.05, 0) is 122 Å². The van der Waals surface area contributed by atoms with E-state index in [1.807, 2.05) is 25.7 Å². The van der Waals surface area contributed by atoms with Crippen molar-refractivity contribution in [3.8, 4) is 0 Å². The third kappa shape index (κ3) is 9.96. The molecule has 0 aromatic carbocycles. The average molecular weight is 621 g/mol. The van der Waals surface area contributed by atoms with Crippen molar-refractivity contribution in [3.05, 3.63) is 0 Å². The van der Waals surface area contributed by atoms with Crippen molar-refractivity contribution < 1.29 is 29.0 Å². The summed E-state index contributed by atoms with van der Waals surface area (Å²) in [5.74, 6) is 3.10. The lowest BCUT2D eigenvalue weighted by atomic mass is 9.84. The highest BCUT2D eigenvalue weighted by Crippen LogP contribution is 2.50. The van der Waals surface area contributed by atoms with Gasteiger partial charge in [0.05, 0.1) is 0 Å². The van der Waals surface area contributed by atoms with Crippen molar-refractivity contribution in [2.75, 3.05) is 58.9 Å². The van der Waals surface area contributed by atoms with Gasteiger partial charge in [-0.2, -0.15) is 0 Å². The number of ether oxygens (including phenoxy) is 2. The van der Waals surface area contributed by atoms with Crippen LogP contribution in [0.1, 0.15) is 87.5 Å². The molecule has 0 radical (unpaired) electrons. The van der Waals surface area contributed by atoms with Gasteiger partial charge in [0.25, 0.3) is 0 Å². The quantitative estimate of drug-likeness (QED) is 0.444. The third-order valence-corrected chi connectivity index (χ3v) is 9.47. The monoisotopic (exact) mass is 620 g/mol. The summed E-state index contributed by atoms with van der Waals surface area (Å²) >= 11 is 0. The average Bonchev–Trinajstić information content (AvgIpc) is 3.74. The second-order valence-corrected chi connectivity index (χ2v) is 16.2. The summed E-state index contributed by atoms with van der Waals surface area (Å²) in [5, 5.41) is 9.08. The number of piperidine rings is 4. The second kappa shape index (κ2) is 14.1. The number of hydrogen-bond acceptors (Lipinski definition) is 7. The highest BCUT2D eigenvalue weighted by molar-refractivity contribution is 5.82. The van der Waals surface area contributed by atoms with E-state index in [0.29, 0.717) is 12.5 Å². The van der Waals surface area contributed by atoms with Gasteiger partial charge in [0, 0.05) is 45.8 Å². The molecule has 6 fully saturated rings. The zero-order valence-electron chi connectivity index (χ0n) is 28.7. The van der Waals surface area contributed by atoms with Crippen molar-refractivity contribution in [2.45, 2.75) is 105 Å². The largest absolute Gasteiger partial charge is 0.480 e. The number of rotatable bonds is 5. The molecule has 10 heteroatoms. The molecule has 6 rings (SSSR count). The van der Waals surface area contributed by atoms with E-state index < -0.39 is 23.7 Å². The van der Waals surface area contributed by atoms with Gasteiger partial charge in [-0.15, -0.1) is 0 Å². The number of carbonyl (C=O) groups excluding carboxylic acids is 2. The molecule has 0 aromatic heterocycles. The Morgan fingerprint density at radius 1 is 0.659 bits per heavy atom. The highest BCUT2D eigenvalue weighted by Gasteiger charge is 2.58. The van der Waals surface area contributed by atoms with Crippen LogP contribution in [0.5, 0.6) is 0 Å². The predicted octanol–water partition coefficient (Wildman–Crippen LogP) is 5.26. The van der Waals surface area contributed by atoms with Crippen LogP contribution in [-0.2, 0) is 14.3 Å². The van der Waals surface area contributed by atoms with Crippen molar-refractivity contribution in [3.63, 3.8) is 0 Å². The van der Waals surface area contributed by atoms with Crippen molar-refractivity contribution in [1.82, 2.24) is 19.6 Å². The first-order valence-electron chi connectivity index (χ1n) is 17.2. The number of hydrogen-bond donors (Lipinski definition) is 1. The molecule has 0 aromatic rings. The lowest BCUT2D eigenvalue weighted by molar-refractivity contribution is -0.142. The van der Waals surface area contributed by atoms with E-state index in [1.54, 1.807) is 20.8 Å². The van der Waals surface area contributed by atoms with Crippen LogP contribution in [-0.4, -0.2) is 119 Å². The van der Waals surface area contributed by atoms with E-state index in [1.165, 1.54) is 69.9 Å². The first-order valence-corrected chi connectivity index (χ1v) is 17.2. The van der Waals surface area contributed by atoms with E-state index >= 15 is 0 Å². The van der Waals surface area contributed by atoms with Crippen molar-refractivity contribution in [1.29, 1.82) is 0 Å². The van der Waals surface area contributed by atoms with Crippen LogP contribution >= 0.6 is 0 Å². The molecular formula is C34H60N4O6. The van der Waals surface area contributed by atoms with Gasteiger partial charge < -0.3 is 29.3 Å². The Hall–Kier alpha value is -2.07. The van der Waals surface area contributed by atoms with Crippen LogP contribution in [0.25, 0.3) is 0 Å². The number of carbonyl (C=O) groups is 3. The molecule has 6 aliphatic rings. The molecule has 4 aliphatic heterocycles. The Kier molecular flexibility index (Phi) is 11.2. The Morgan fingerprint density at radius 3 is 1.57 bits per heavy atom. The molecule has 44 heavy (non-hydrogen) atoms. The van der Waals surface area contributed by atoms with Gasteiger partial charge in [0.1, 0.15) is 17.2 Å². The number of likely N-dealkylation sites (tertiary alicyclic amines) is 4. The first kappa shape index (κ1) is 34.8. The third-order valence-electron chi connectivity index (χ3n) is 9.47. The topological polar surface area (TPSA) is 103 Å². The molecule has 0 spiro atoms. The molecular weight excluding hydrogens is 560 g/mol. The summed E-state index contributed by atoms with van der Waals surface area (Å²) in [6, 6.07) is -0.681. The van der Waals surface area contributed by atoms with E-state index in [-0.39, 0.29) is 17.6 Å². The number of carboxylic acids is 1. The van der Waals surface area contributed by atoms with E-state index in [9.17, 15) is 14.4 Å². The minimum Gasteiger partial charge on any atom is -0.480 e. The summed E-state index contributed by atoms with van der Waals surface area (Å²) in [6.07, 6.45) is 5.73. The number of fused-ring (bicyclic) bond motifs is 4.